The zero-order valence-corrected chi connectivity index (χ0v) is 12.4. The SMILES string of the molecule is Cc1ccc2nc(SCC(O)CNC(C)C)[nH]c2c1. The van der Waals surface area contributed by atoms with Crippen LogP contribution in [0.2, 0.25) is 0 Å². The average Bonchev–Trinajstić information content (AvgIpc) is 2.75. The van der Waals surface area contributed by atoms with Crippen LogP contribution < -0.4 is 5.32 Å². The summed E-state index contributed by atoms with van der Waals surface area (Å²) < 4.78 is 0. The Morgan fingerprint density at radius 3 is 2.95 bits per heavy atom. The van der Waals surface area contributed by atoms with Crippen molar-refractivity contribution in [1.82, 2.24) is 15.3 Å². The first kappa shape index (κ1) is 14.4. The van der Waals surface area contributed by atoms with Gasteiger partial charge in [-0.05, 0) is 24.6 Å². The molecule has 1 unspecified atom stereocenters. The number of benzene rings is 1. The summed E-state index contributed by atoms with van der Waals surface area (Å²) in [4.78, 5) is 7.77. The molecular formula is C14H21N3OS. The van der Waals surface area contributed by atoms with Gasteiger partial charge < -0.3 is 15.4 Å². The summed E-state index contributed by atoms with van der Waals surface area (Å²) in [6.07, 6.45) is -0.359. The number of hydrogen-bond donors (Lipinski definition) is 3. The number of nitrogens with zero attached hydrogens (tertiary/aromatic N) is 1. The molecule has 0 radical (unpaired) electrons. The van der Waals surface area contributed by atoms with Crippen molar-refractivity contribution in [2.75, 3.05) is 12.3 Å². The minimum absolute atomic E-state index is 0.359. The topological polar surface area (TPSA) is 60.9 Å². The number of thioether (sulfide) groups is 1. The summed E-state index contributed by atoms with van der Waals surface area (Å²) in [5.74, 6) is 0.637. The van der Waals surface area contributed by atoms with Crippen LogP contribution in [0.5, 0.6) is 0 Å². The number of aliphatic hydroxyl groups is 1. The van der Waals surface area contributed by atoms with Gasteiger partial charge in [-0.1, -0.05) is 31.7 Å². The van der Waals surface area contributed by atoms with Crippen LogP contribution in [-0.4, -0.2) is 39.5 Å². The smallest absolute Gasteiger partial charge is 0.166 e. The molecule has 0 aliphatic rings. The molecule has 0 amide bonds. The van der Waals surface area contributed by atoms with Crippen LogP contribution in [0.1, 0.15) is 19.4 Å². The second-order valence-corrected chi connectivity index (χ2v) is 6.10. The molecule has 2 rings (SSSR count). The van der Waals surface area contributed by atoms with Crippen LogP contribution in [0, 0.1) is 6.92 Å². The maximum atomic E-state index is 9.85. The zero-order chi connectivity index (χ0) is 13.8. The van der Waals surface area contributed by atoms with Gasteiger partial charge in [-0.15, -0.1) is 0 Å². The number of rotatable bonds is 6. The fourth-order valence-electron chi connectivity index (χ4n) is 1.77. The largest absolute Gasteiger partial charge is 0.391 e. The number of hydrogen-bond acceptors (Lipinski definition) is 4. The third kappa shape index (κ3) is 4.23. The highest BCUT2D eigenvalue weighted by Crippen LogP contribution is 2.20. The predicted molar refractivity (Wildman–Crippen MR) is 80.7 cm³/mol. The Morgan fingerprint density at radius 1 is 1.42 bits per heavy atom. The second kappa shape index (κ2) is 6.41. The summed E-state index contributed by atoms with van der Waals surface area (Å²) in [6, 6.07) is 6.55. The van der Waals surface area contributed by atoms with Crippen LogP contribution >= 0.6 is 11.8 Å². The minimum Gasteiger partial charge on any atom is -0.391 e. The number of fused-ring (bicyclic) bond motifs is 1. The lowest BCUT2D eigenvalue weighted by molar-refractivity contribution is 0.192. The zero-order valence-electron chi connectivity index (χ0n) is 11.6. The molecule has 1 atom stereocenters. The van der Waals surface area contributed by atoms with Crippen molar-refractivity contribution in [1.29, 1.82) is 0 Å². The van der Waals surface area contributed by atoms with Crippen LogP contribution in [0.15, 0.2) is 23.4 Å². The minimum atomic E-state index is -0.359. The van der Waals surface area contributed by atoms with E-state index >= 15 is 0 Å². The van der Waals surface area contributed by atoms with E-state index in [4.69, 9.17) is 0 Å². The van der Waals surface area contributed by atoms with Crippen LogP contribution in [0.3, 0.4) is 0 Å². The molecule has 0 saturated carbocycles. The maximum absolute atomic E-state index is 9.85. The molecule has 0 aliphatic heterocycles. The molecule has 19 heavy (non-hydrogen) atoms. The monoisotopic (exact) mass is 279 g/mol. The Hall–Kier alpha value is -1.04. The maximum Gasteiger partial charge on any atom is 0.166 e. The standard InChI is InChI=1S/C14H21N3OS/c1-9(2)15-7-11(18)8-19-14-16-12-5-4-10(3)6-13(12)17-14/h4-6,9,11,15,18H,7-8H2,1-3H3,(H,16,17). The van der Waals surface area contributed by atoms with Gasteiger partial charge in [-0.25, -0.2) is 4.98 Å². The van der Waals surface area contributed by atoms with E-state index in [2.05, 4.69) is 48.2 Å². The molecule has 0 bridgehead atoms. The number of H-pyrrole nitrogens is 1. The van der Waals surface area contributed by atoms with Gasteiger partial charge in [0.25, 0.3) is 0 Å². The third-order valence-electron chi connectivity index (χ3n) is 2.79. The molecule has 1 aromatic heterocycles. The van der Waals surface area contributed by atoms with Crippen molar-refractivity contribution in [3.8, 4) is 0 Å². The van der Waals surface area contributed by atoms with Gasteiger partial charge in [0.2, 0.25) is 0 Å². The van der Waals surface area contributed by atoms with Gasteiger partial charge in [0.1, 0.15) is 0 Å². The first-order chi connectivity index (χ1) is 9.04. The molecule has 3 N–H and O–H groups in total. The highest BCUT2D eigenvalue weighted by Gasteiger charge is 2.08. The Kier molecular flexibility index (Phi) is 4.85. The van der Waals surface area contributed by atoms with Crippen molar-refractivity contribution < 1.29 is 5.11 Å². The summed E-state index contributed by atoms with van der Waals surface area (Å²) in [5.41, 5.74) is 3.24. The fourth-order valence-corrected chi connectivity index (χ4v) is 2.59. The van der Waals surface area contributed by atoms with Crippen molar-refractivity contribution >= 4 is 22.8 Å². The highest BCUT2D eigenvalue weighted by atomic mass is 32.2. The summed E-state index contributed by atoms with van der Waals surface area (Å²) in [6.45, 7) is 6.82. The lowest BCUT2D eigenvalue weighted by Gasteiger charge is -2.12. The van der Waals surface area contributed by atoms with Crippen molar-refractivity contribution in [3.63, 3.8) is 0 Å². The van der Waals surface area contributed by atoms with E-state index in [9.17, 15) is 5.11 Å². The van der Waals surface area contributed by atoms with E-state index in [0.29, 0.717) is 18.3 Å². The van der Waals surface area contributed by atoms with Gasteiger partial charge in [0, 0.05) is 18.3 Å². The van der Waals surface area contributed by atoms with Crippen molar-refractivity contribution in [2.24, 2.45) is 0 Å². The highest BCUT2D eigenvalue weighted by molar-refractivity contribution is 7.99. The third-order valence-corrected chi connectivity index (χ3v) is 3.81. The van der Waals surface area contributed by atoms with E-state index in [1.165, 1.54) is 5.56 Å². The molecule has 2 aromatic rings. The Bertz CT molecular complexity index is 538. The summed E-state index contributed by atoms with van der Waals surface area (Å²) >= 11 is 1.56. The molecule has 0 aliphatic carbocycles. The Balaban J connectivity index is 1.90. The van der Waals surface area contributed by atoms with Gasteiger partial charge in [0.15, 0.2) is 5.16 Å². The Morgan fingerprint density at radius 2 is 2.21 bits per heavy atom. The molecule has 5 heteroatoms. The van der Waals surface area contributed by atoms with E-state index in [1.54, 1.807) is 11.8 Å². The average molecular weight is 279 g/mol. The normalized spacial score (nSPS) is 13.3. The second-order valence-electron chi connectivity index (χ2n) is 5.09. The molecule has 104 valence electrons. The van der Waals surface area contributed by atoms with Gasteiger partial charge in [-0.2, -0.15) is 0 Å². The van der Waals surface area contributed by atoms with Crippen molar-refractivity contribution in [2.45, 2.75) is 38.1 Å². The first-order valence-electron chi connectivity index (χ1n) is 6.55. The van der Waals surface area contributed by atoms with E-state index in [-0.39, 0.29) is 6.10 Å². The van der Waals surface area contributed by atoms with E-state index in [0.717, 1.165) is 16.2 Å². The van der Waals surface area contributed by atoms with Crippen molar-refractivity contribution in [3.05, 3.63) is 23.8 Å². The van der Waals surface area contributed by atoms with Gasteiger partial charge >= 0.3 is 0 Å². The Labute approximate surface area is 118 Å². The number of aryl methyl sites for hydroxylation is 1. The number of aliphatic hydroxyl groups excluding tert-OH is 1. The number of aromatic nitrogens is 2. The van der Waals surface area contributed by atoms with Gasteiger partial charge in [0.05, 0.1) is 17.1 Å². The lowest BCUT2D eigenvalue weighted by Crippen LogP contribution is -2.33. The van der Waals surface area contributed by atoms with Gasteiger partial charge in [-0.3, -0.25) is 0 Å². The fraction of sp³-hybridized carbons (Fsp3) is 0.500. The predicted octanol–water partition coefficient (Wildman–Crippen LogP) is 2.32. The number of imidazole rings is 1. The molecule has 0 saturated heterocycles. The van der Waals surface area contributed by atoms with Crippen LogP contribution in [-0.2, 0) is 0 Å². The first-order valence-corrected chi connectivity index (χ1v) is 7.54. The van der Waals surface area contributed by atoms with E-state index in [1.807, 2.05) is 6.07 Å². The summed E-state index contributed by atoms with van der Waals surface area (Å²) in [5, 5.41) is 13.9. The van der Waals surface area contributed by atoms with E-state index < -0.39 is 0 Å². The molecular weight excluding hydrogens is 258 g/mol. The number of aromatic amines is 1. The molecule has 0 spiro atoms. The molecule has 1 aromatic carbocycles. The molecule has 4 nitrogen and oxygen atoms in total. The quantitative estimate of drug-likeness (QED) is 0.710. The summed E-state index contributed by atoms with van der Waals surface area (Å²) in [7, 11) is 0. The van der Waals surface area contributed by atoms with Crippen LogP contribution in [0.25, 0.3) is 11.0 Å². The number of nitrogens with one attached hydrogen (secondary N) is 2. The van der Waals surface area contributed by atoms with Crippen LogP contribution in [0.4, 0.5) is 0 Å². The lowest BCUT2D eigenvalue weighted by atomic mass is 10.2. The molecule has 0 fully saturated rings. The molecule has 1 heterocycles.